The number of rotatable bonds is 3. The first-order chi connectivity index (χ1) is 8.85. The molecule has 0 aliphatic heterocycles. The molecule has 0 spiro atoms. The van der Waals surface area contributed by atoms with E-state index in [1.165, 1.54) is 0 Å². The number of fused-ring (bicyclic) bond motifs is 1. The Labute approximate surface area is 103 Å². The van der Waals surface area contributed by atoms with Gasteiger partial charge in [-0.15, -0.1) is 0 Å². The molecule has 1 aromatic carbocycles. The van der Waals surface area contributed by atoms with Crippen LogP contribution in [-0.4, -0.2) is 10.1 Å². The second-order valence-corrected chi connectivity index (χ2v) is 3.86. The standard InChI is InChI=1S/C14H11NO3/c16-9-10-3-5-13-12(8-10)15-14(18-13)6-4-11-2-1-7-17-11/h1-8,16H,9H2/b6-4-. The highest BCUT2D eigenvalue weighted by atomic mass is 16.3. The fraction of sp³-hybridized carbons (Fsp3) is 0.0714. The third kappa shape index (κ3) is 2.06. The molecule has 0 saturated heterocycles. The van der Waals surface area contributed by atoms with Gasteiger partial charge in [-0.2, -0.15) is 0 Å². The smallest absolute Gasteiger partial charge is 0.220 e. The van der Waals surface area contributed by atoms with E-state index in [0.29, 0.717) is 11.5 Å². The Balaban J connectivity index is 1.93. The van der Waals surface area contributed by atoms with Crippen molar-refractivity contribution in [2.24, 2.45) is 0 Å². The number of benzene rings is 1. The maximum Gasteiger partial charge on any atom is 0.220 e. The Morgan fingerprint density at radius 1 is 1.22 bits per heavy atom. The molecule has 0 saturated carbocycles. The molecule has 4 nitrogen and oxygen atoms in total. The van der Waals surface area contributed by atoms with Crippen molar-refractivity contribution in [2.75, 3.05) is 0 Å². The van der Waals surface area contributed by atoms with Crippen LogP contribution >= 0.6 is 0 Å². The van der Waals surface area contributed by atoms with E-state index in [-0.39, 0.29) is 6.61 Å². The minimum absolute atomic E-state index is 0.000365. The van der Waals surface area contributed by atoms with Crippen molar-refractivity contribution in [2.45, 2.75) is 6.61 Å². The fourth-order valence-electron chi connectivity index (χ4n) is 1.70. The second-order valence-electron chi connectivity index (χ2n) is 3.86. The normalized spacial score (nSPS) is 11.6. The van der Waals surface area contributed by atoms with Crippen molar-refractivity contribution < 1.29 is 13.9 Å². The van der Waals surface area contributed by atoms with Gasteiger partial charge < -0.3 is 13.9 Å². The van der Waals surface area contributed by atoms with Crippen LogP contribution in [-0.2, 0) is 6.61 Å². The van der Waals surface area contributed by atoms with Gasteiger partial charge in [-0.05, 0) is 35.9 Å². The Morgan fingerprint density at radius 3 is 2.94 bits per heavy atom. The summed E-state index contributed by atoms with van der Waals surface area (Å²) in [5, 5.41) is 9.05. The first-order valence-electron chi connectivity index (χ1n) is 5.57. The predicted molar refractivity (Wildman–Crippen MR) is 67.6 cm³/mol. The van der Waals surface area contributed by atoms with Crippen molar-refractivity contribution in [3.63, 3.8) is 0 Å². The van der Waals surface area contributed by atoms with E-state index >= 15 is 0 Å². The van der Waals surface area contributed by atoms with Crippen molar-refractivity contribution in [3.8, 4) is 0 Å². The van der Waals surface area contributed by atoms with Crippen LogP contribution in [0.15, 0.2) is 45.4 Å². The predicted octanol–water partition coefficient (Wildman–Crippen LogP) is 3.08. The summed E-state index contributed by atoms with van der Waals surface area (Å²) in [4.78, 5) is 4.31. The number of oxazole rings is 1. The summed E-state index contributed by atoms with van der Waals surface area (Å²) >= 11 is 0. The van der Waals surface area contributed by atoms with Gasteiger partial charge in [0, 0.05) is 6.08 Å². The molecule has 2 aromatic heterocycles. The maximum absolute atomic E-state index is 9.05. The van der Waals surface area contributed by atoms with Crippen LogP contribution in [0.3, 0.4) is 0 Å². The Morgan fingerprint density at radius 2 is 2.17 bits per heavy atom. The topological polar surface area (TPSA) is 59.4 Å². The van der Waals surface area contributed by atoms with Crippen LogP contribution in [0.25, 0.3) is 23.3 Å². The SMILES string of the molecule is OCc1ccc2oc(/C=C\c3ccco3)nc2c1. The van der Waals surface area contributed by atoms with Crippen LogP contribution in [0.5, 0.6) is 0 Å². The van der Waals surface area contributed by atoms with E-state index in [1.54, 1.807) is 24.5 Å². The van der Waals surface area contributed by atoms with E-state index < -0.39 is 0 Å². The number of aliphatic hydroxyl groups excluding tert-OH is 1. The van der Waals surface area contributed by atoms with E-state index in [4.69, 9.17) is 13.9 Å². The Hall–Kier alpha value is -2.33. The molecule has 0 radical (unpaired) electrons. The number of hydrogen-bond acceptors (Lipinski definition) is 4. The quantitative estimate of drug-likeness (QED) is 0.765. The molecule has 18 heavy (non-hydrogen) atoms. The third-order valence-electron chi connectivity index (χ3n) is 2.58. The Kier molecular flexibility index (Phi) is 2.70. The molecule has 0 amide bonds. The van der Waals surface area contributed by atoms with Gasteiger partial charge in [0.2, 0.25) is 5.89 Å². The van der Waals surface area contributed by atoms with Crippen LogP contribution < -0.4 is 0 Å². The molecule has 0 unspecified atom stereocenters. The Bertz CT molecular complexity index is 680. The number of aromatic nitrogens is 1. The molecule has 3 aromatic rings. The van der Waals surface area contributed by atoms with E-state index in [0.717, 1.165) is 16.8 Å². The molecule has 0 aliphatic rings. The van der Waals surface area contributed by atoms with E-state index in [1.807, 2.05) is 24.3 Å². The largest absolute Gasteiger partial charge is 0.465 e. The monoisotopic (exact) mass is 241 g/mol. The number of nitrogens with zero attached hydrogens (tertiary/aromatic N) is 1. The number of hydrogen-bond donors (Lipinski definition) is 1. The molecule has 2 heterocycles. The first-order valence-corrected chi connectivity index (χ1v) is 5.57. The zero-order chi connectivity index (χ0) is 12.4. The molecule has 4 heteroatoms. The zero-order valence-corrected chi connectivity index (χ0v) is 9.54. The highest BCUT2D eigenvalue weighted by Gasteiger charge is 2.03. The van der Waals surface area contributed by atoms with Gasteiger partial charge in [-0.25, -0.2) is 4.98 Å². The minimum atomic E-state index is 0.000365. The van der Waals surface area contributed by atoms with Gasteiger partial charge in [0.1, 0.15) is 11.3 Å². The third-order valence-corrected chi connectivity index (χ3v) is 2.58. The molecule has 0 fully saturated rings. The summed E-state index contributed by atoms with van der Waals surface area (Å²) in [6.07, 6.45) is 5.15. The molecule has 3 rings (SSSR count). The van der Waals surface area contributed by atoms with Crippen LogP contribution in [0.4, 0.5) is 0 Å². The molecular formula is C14H11NO3. The van der Waals surface area contributed by atoms with Gasteiger partial charge in [-0.1, -0.05) is 6.07 Å². The average molecular weight is 241 g/mol. The number of aliphatic hydroxyl groups is 1. The highest BCUT2D eigenvalue weighted by Crippen LogP contribution is 2.18. The van der Waals surface area contributed by atoms with E-state index in [9.17, 15) is 0 Å². The van der Waals surface area contributed by atoms with Crippen molar-refractivity contribution in [1.29, 1.82) is 0 Å². The molecule has 1 N–H and O–H groups in total. The van der Waals surface area contributed by atoms with Crippen molar-refractivity contribution >= 4 is 23.3 Å². The summed E-state index contributed by atoms with van der Waals surface area (Å²) < 4.78 is 10.7. The fourth-order valence-corrected chi connectivity index (χ4v) is 1.70. The van der Waals surface area contributed by atoms with E-state index in [2.05, 4.69) is 4.98 Å². The lowest BCUT2D eigenvalue weighted by Crippen LogP contribution is -1.81. The molecule has 90 valence electrons. The van der Waals surface area contributed by atoms with Crippen molar-refractivity contribution in [3.05, 3.63) is 53.8 Å². The summed E-state index contributed by atoms with van der Waals surface area (Å²) in [5.74, 6) is 1.25. The lowest BCUT2D eigenvalue weighted by molar-refractivity contribution is 0.282. The number of furan rings is 1. The molecule has 0 aliphatic carbocycles. The van der Waals surface area contributed by atoms with Crippen LogP contribution in [0.2, 0.25) is 0 Å². The summed E-state index contributed by atoms with van der Waals surface area (Å²) in [5.41, 5.74) is 2.25. The van der Waals surface area contributed by atoms with Gasteiger partial charge in [0.15, 0.2) is 5.58 Å². The molecule has 0 atom stereocenters. The van der Waals surface area contributed by atoms with Gasteiger partial charge in [-0.3, -0.25) is 0 Å². The minimum Gasteiger partial charge on any atom is -0.465 e. The lowest BCUT2D eigenvalue weighted by atomic mass is 10.2. The highest BCUT2D eigenvalue weighted by molar-refractivity contribution is 5.76. The van der Waals surface area contributed by atoms with Crippen LogP contribution in [0.1, 0.15) is 17.2 Å². The second kappa shape index (κ2) is 4.50. The van der Waals surface area contributed by atoms with Gasteiger partial charge >= 0.3 is 0 Å². The van der Waals surface area contributed by atoms with Crippen molar-refractivity contribution in [1.82, 2.24) is 4.98 Å². The molecular weight excluding hydrogens is 230 g/mol. The van der Waals surface area contributed by atoms with Crippen LogP contribution in [0, 0.1) is 0 Å². The first kappa shape index (κ1) is 10.8. The maximum atomic E-state index is 9.05. The summed E-state index contributed by atoms with van der Waals surface area (Å²) in [6, 6.07) is 9.09. The lowest BCUT2D eigenvalue weighted by Gasteiger charge is -1.92. The molecule has 0 bridgehead atoms. The zero-order valence-electron chi connectivity index (χ0n) is 9.54. The summed E-state index contributed by atoms with van der Waals surface area (Å²) in [7, 11) is 0. The summed E-state index contributed by atoms with van der Waals surface area (Å²) in [6.45, 7) is 0.000365. The average Bonchev–Trinajstić information content (AvgIpc) is 3.04. The van der Waals surface area contributed by atoms with Gasteiger partial charge in [0.25, 0.3) is 0 Å². The van der Waals surface area contributed by atoms with Gasteiger partial charge in [0.05, 0.1) is 12.9 Å².